The third-order valence-corrected chi connectivity index (χ3v) is 2.58. The molecule has 1 rings (SSSR count). The van der Waals surface area contributed by atoms with Crippen molar-refractivity contribution in [1.82, 2.24) is 4.98 Å². The normalized spacial score (nSPS) is 10.3. The Balaban J connectivity index is 2.99. The van der Waals surface area contributed by atoms with Crippen molar-refractivity contribution in [3.05, 3.63) is 17.8 Å². The average Bonchev–Trinajstić information content (AvgIpc) is 2.43. The molecule has 0 saturated heterocycles. The number of pyridine rings is 1. The van der Waals surface area contributed by atoms with Crippen LogP contribution in [0.3, 0.4) is 0 Å². The number of aliphatic hydroxyl groups excluding tert-OH is 1. The van der Waals surface area contributed by atoms with Crippen molar-refractivity contribution in [2.24, 2.45) is 0 Å². The summed E-state index contributed by atoms with van der Waals surface area (Å²) in [7, 11) is 2.88. The summed E-state index contributed by atoms with van der Waals surface area (Å²) in [5.74, 6) is 0.0255. The van der Waals surface area contributed by atoms with Crippen molar-refractivity contribution >= 4 is 17.5 Å². The van der Waals surface area contributed by atoms with E-state index < -0.39 is 5.97 Å². The lowest BCUT2D eigenvalue weighted by atomic mass is 10.2. The van der Waals surface area contributed by atoms with Gasteiger partial charge in [-0.25, -0.2) is 9.78 Å². The van der Waals surface area contributed by atoms with Gasteiger partial charge < -0.3 is 25.2 Å². The smallest absolute Gasteiger partial charge is 0.340 e. The van der Waals surface area contributed by atoms with Crippen molar-refractivity contribution in [1.29, 1.82) is 0 Å². The number of anilines is 2. The predicted molar refractivity (Wildman–Crippen MR) is 71.2 cm³/mol. The number of carbonyl (C=O) groups is 1. The molecule has 3 N–H and O–H groups in total. The Hall–Kier alpha value is -1.86. The van der Waals surface area contributed by atoms with Gasteiger partial charge in [-0.1, -0.05) is 0 Å². The highest BCUT2D eigenvalue weighted by Gasteiger charge is 2.15. The van der Waals surface area contributed by atoms with E-state index in [1.165, 1.54) is 13.3 Å². The van der Waals surface area contributed by atoms with Gasteiger partial charge in [0.1, 0.15) is 5.82 Å². The van der Waals surface area contributed by atoms with Crippen LogP contribution in [0, 0.1) is 0 Å². The maximum Gasteiger partial charge on any atom is 0.340 e. The highest BCUT2D eigenvalue weighted by Crippen LogP contribution is 2.18. The number of hydrogen-bond acceptors (Lipinski definition) is 7. The van der Waals surface area contributed by atoms with Gasteiger partial charge in [0.05, 0.1) is 37.8 Å². The Kier molecular flexibility index (Phi) is 6.04. The lowest BCUT2D eigenvalue weighted by Gasteiger charge is -2.23. The van der Waals surface area contributed by atoms with E-state index in [0.717, 1.165) is 0 Å². The van der Waals surface area contributed by atoms with Gasteiger partial charge in [-0.2, -0.15) is 0 Å². The van der Waals surface area contributed by atoms with Gasteiger partial charge in [-0.3, -0.25) is 0 Å². The summed E-state index contributed by atoms with van der Waals surface area (Å²) in [5.41, 5.74) is 6.20. The number of methoxy groups -OCH3 is 2. The molecule has 0 aliphatic heterocycles. The average molecular weight is 269 g/mol. The molecule has 7 nitrogen and oxygen atoms in total. The van der Waals surface area contributed by atoms with Gasteiger partial charge in [0.15, 0.2) is 0 Å². The number of nitrogen functional groups attached to an aromatic ring is 1. The molecule has 0 aliphatic carbocycles. The molecule has 0 aromatic carbocycles. The quantitative estimate of drug-likeness (QED) is 0.667. The fraction of sp³-hybridized carbons (Fsp3) is 0.500. The SMILES string of the molecule is COCCN(CCO)c1cc(C(=O)OC)c(N)cn1. The number of ether oxygens (including phenoxy) is 2. The number of nitrogens with two attached hydrogens (primary N) is 1. The van der Waals surface area contributed by atoms with Gasteiger partial charge in [0.25, 0.3) is 0 Å². The minimum Gasteiger partial charge on any atom is -0.465 e. The molecule has 0 spiro atoms. The largest absolute Gasteiger partial charge is 0.465 e. The van der Waals surface area contributed by atoms with Gasteiger partial charge >= 0.3 is 5.97 Å². The molecule has 1 aromatic rings. The number of aliphatic hydroxyl groups is 1. The van der Waals surface area contributed by atoms with Crippen LogP contribution in [0.2, 0.25) is 0 Å². The van der Waals surface area contributed by atoms with Crippen molar-refractivity contribution in [3.63, 3.8) is 0 Å². The molecule has 19 heavy (non-hydrogen) atoms. The second-order valence-electron chi connectivity index (χ2n) is 3.82. The van der Waals surface area contributed by atoms with Crippen LogP contribution >= 0.6 is 0 Å². The number of hydrogen-bond donors (Lipinski definition) is 2. The molecular weight excluding hydrogens is 250 g/mol. The first-order chi connectivity index (χ1) is 9.13. The van der Waals surface area contributed by atoms with Crippen LogP contribution in [0.25, 0.3) is 0 Å². The molecule has 0 unspecified atom stereocenters. The maximum absolute atomic E-state index is 11.6. The molecule has 0 atom stereocenters. The zero-order valence-corrected chi connectivity index (χ0v) is 11.1. The zero-order chi connectivity index (χ0) is 14.3. The minimum absolute atomic E-state index is 0.0245. The number of carbonyl (C=O) groups excluding carboxylic acids is 1. The van der Waals surface area contributed by atoms with Crippen molar-refractivity contribution < 1.29 is 19.4 Å². The van der Waals surface area contributed by atoms with Crippen LogP contribution in [-0.4, -0.2) is 56.6 Å². The van der Waals surface area contributed by atoms with Crippen LogP contribution in [0.15, 0.2) is 12.3 Å². The lowest BCUT2D eigenvalue weighted by molar-refractivity contribution is 0.0602. The van der Waals surface area contributed by atoms with E-state index in [0.29, 0.717) is 25.5 Å². The Labute approximate surface area is 111 Å². The van der Waals surface area contributed by atoms with Crippen LogP contribution in [0.5, 0.6) is 0 Å². The lowest BCUT2D eigenvalue weighted by Crippen LogP contribution is -2.31. The monoisotopic (exact) mass is 269 g/mol. The third kappa shape index (κ3) is 4.08. The Bertz CT molecular complexity index is 425. The molecular formula is C12H19N3O4. The number of esters is 1. The van der Waals surface area contributed by atoms with Gasteiger partial charge in [-0.05, 0) is 6.07 Å². The summed E-state index contributed by atoms with van der Waals surface area (Å²) < 4.78 is 9.65. The summed E-state index contributed by atoms with van der Waals surface area (Å²) in [6.07, 6.45) is 1.40. The molecule has 0 aliphatic rings. The van der Waals surface area contributed by atoms with Crippen molar-refractivity contribution in [3.8, 4) is 0 Å². The first-order valence-corrected chi connectivity index (χ1v) is 5.82. The molecule has 0 fully saturated rings. The predicted octanol–water partition coefficient (Wildman–Crippen LogP) is -0.104. The van der Waals surface area contributed by atoms with Crippen molar-refractivity contribution in [2.75, 3.05) is 51.2 Å². The van der Waals surface area contributed by atoms with E-state index in [2.05, 4.69) is 9.72 Å². The topological polar surface area (TPSA) is 97.9 Å². The zero-order valence-electron chi connectivity index (χ0n) is 11.1. The number of nitrogens with zero attached hydrogens (tertiary/aromatic N) is 2. The fourth-order valence-electron chi connectivity index (χ4n) is 1.58. The van der Waals surface area contributed by atoms with Gasteiger partial charge in [0, 0.05) is 20.2 Å². The Morgan fingerprint density at radius 2 is 2.21 bits per heavy atom. The Morgan fingerprint density at radius 1 is 1.47 bits per heavy atom. The van der Waals surface area contributed by atoms with E-state index in [-0.39, 0.29) is 17.9 Å². The van der Waals surface area contributed by atoms with E-state index in [9.17, 15) is 4.79 Å². The maximum atomic E-state index is 11.6. The first kappa shape index (κ1) is 15.2. The minimum atomic E-state index is -0.517. The third-order valence-electron chi connectivity index (χ3n) is 2.58. The highest BCUT2D eigenvalue weighted by atomic mass is 16.5. The molecule has 7 heteroatoms. The molecule has 1 heterocycles. The first-order valence-electron chi connectivity index (χ1n) is 5.82. The summed E-state index contributed by atoms with van der Waals surface area (Å²) in [4.78, 5) is 17.5. The summed E-state index contributed by atoms with van der Waals surface area (Å²) in [6.45, 7) is 1.40. The van der Waals surface area contributed by atoms with Crippen molar-refractivity contribution in [2.45, 2.75) is 0 Å². The number of aromatic nitrogens is 1. The van der Waals surface area contributed by atoms with E-state index in [1.807, 2.05) is 0 Å². The molecule has 106 valence electrons. The van der Waals surface area contributed by atoms with Gasteiger partial charge in [-0.15, -0.1) is 0 Å². The van der Waals surface area contributed by atoms with E-state index >= 15 is 0 Å². The molecule has 0 saturated carbocycles. The van der Waals surface area contributed by atoms with E-state index in [1.54, 1.807) is 18.1 Å². The number of rotatable bonds is 7. The van der Waals surface area contributed by atoms with E-state index in [4.69, 9.17) is 15.6 Å². The highest BCUT2D eigenvalue weighted by molar-refractivity contribution is 5.95. The van der Waals surface area contributed by atoms with Gasteiger partial charge in [0.2, 0.25) is 0 Å². The Morgan fingerprint density at radius 3 is 2.79 bits per heavy atom. The molecule has 0 bridgehead atoms. The molecule has 0 amide bonds. The second-order valence-corrected chi connectivity index (χ2v) is 3.82. The van der Waals surface area contributed by atoms with Crippen LogP contribution in [0.4, 0.5) is 11.5 Å². The summed E-state index contributed by atoms with van der Waals surface area (Å²) >= 11 is 0. The fourth-order valence-corrected chi connectivity index (χ4v) is 1.58. The van der Waals surface area contributed by atoms with Crippen LogP contribution < -0.4 is 10.6 Å². The van der Waals surface area contributed by atoms with Crippen LogP contribution in [-0.2, 0) is 9.47 Å². The molecule has 1 aromatic heterocycles. The van der Waals surface area contributed by atoms with Crippen LogP contribution in [0.1, 0.15) is 10.4 Å². The summed E-state index contributed by atoms with van der Waals surface area (Å²) in [6, 6.07) is 1.55. The molecule has 0 radical (unpaired) electrons. The second kappa shape index (κ2) is 7.55. The summed E-state index contributed by atoms with van der Waals surface area (Å²) in [5, 5.41) is 9.05. The standard InChI is InChI=1S/C12H19N3O4/c1-18-6-4-15(3-5-16)11-7-9(12(17)19-2)10(13)8-14-11/h7-8,16H,3-6,13H2,1-2H3.